The standard InChI is InChI=1S/C48H55F6NO9S3/c1-28-36-20-32-18-33(21-36)25-45(28,24-32)43(61-30(3)55(66(57,58)47(49,50)51)67(59,60)48(52,53)54)63-39-14-8-10-16-41(39)65(38-12-6-5-7-13-38)42-17-11-9-15-40(42)64-44(62-31(4)56)46-26-34-19-35(27-46)23-37(22-34)29(46)2/h5-17,28-29,32-37,43-44H,18-27H2,1-4H3/q+2. The van der Waals surface area contributed by atoms with Crippen LogP contribution in [0.2, 0.25) is 0 Å². The molecule has 364 valence electrons. The van der Waals surface area contributed by atoms with Crippen LogP contribution in [0.3, 0.4) is 0 Å². The molecule has 11 rings (SSSR count). The second-order valence-corrected chi connectivity index (χ2v) is 25.8. The number of carbonyl (C=O) groups is 1. The number of hydrogen-bond acceptors (Lipinski definition) is 9. The Labute approximate surface area is 390 Å². The number of para-hydroxylation sites is 2. The number of hydrogen-bond donors (Lipinski definition) is 0. The van der Waals surface area contributed by atoms with E-state index in [1.165, 1.54) is 6.92 Å². The first kappa shape index (κ1) is 48.1. The predicted octanol–water partition coefficient (Wildman–Crippen LogP) is 10.8. The van der Waals surface area contributed by atoms with Crippen molar-refractivity contribution in [2.24, 2.45) is 58.2 Å². The number of ether oxygens (including phenoxy) is 4. The van der Waals surface area contributed by atoms with Gasteiger partial charge in [-0.3, -0.25) is 4.79 Å². The summed E-state index contributed by atoms with van der Waals surface area (Å²) in [4.78, 5) is 14.8. The molecule has 8 saturated carbocycles. The average Bonchev–Trinajstić information content (AvgIpc) is 3.24. The van der Waals surface area contributed by atoms with E-state index in [2.05, 4.69) is 6.92 Å². The third-order valence-electron chi connectivity index (χ3n) is 16.1. The number of benzene rings is 3. The van der Waals surface area contributed by atoms with Crippen molar-refractivity contribution in [2.75, 3.05) is 0 Å². The zero-order chi connectivity index (χ0) is 48.1. The minimum atomic E-state index is -7.24. The molecular formula is C48H55F6NO9S3+2. The lowest BCUT2D eigenvalue weighted by Gasteiger charge is -2.61. The number of esters is 1. The van der Waals surface area contributed by atoms with Gasteiger partial charge in [0.2, 0.25) is 16.1 Å². The number of halogens is 6. The third kappa shape index (κ3) is 8.31. The predicted molar refractivity (Wildman–Crippen MR) is 234 cm³/mol. The van der Waals surface area contributed by atoms with Crippen LogP contribution in [0, 0.1) is 58.2 Å². The molecule has 8 bridgehead atoms. The van der Waals surface area contributed by atoms with Gasteiger partial charge < -0.3 is 18.9 Å². The summed E-state index contributed by atoms with van der Waals surface area (Å²) in [5.41, 5.74) is -14.4. The van der Waals surface area contributed by atoms with Crippen LogP contribution in [0.15, 0.2) is 93.5 Å². The van der Waals surface area contributed by atoms with Crippen molar-refractivity contribution in [1.29, 1.82) is 0 Å². The summed E-state index contributed by atoms with van der Waals surface area (Å²) < 4.78 is 161. The van der Waals surface area contributed by atoms with E-state index >= 15 is 0 Å². The van der Waals surface area contributed by atoms with Gasteiger partial charge in [0, 0.05) is 21.1 Å². The van der Waals surface area contributed by atoms with Crippen LogP contribution in [0.4, 0.5) is 26.3 Å². The van der Waals surface area contributed by atoms with E-state index in [1.54, 1.807) is 24.3 Å². The molecule has 8 aliphatic rings. The van der Waals surface area contributed by atoms with E-state index in [0.717, 1.165) is 56.3 Å². The lowest BCUT2D eigenvalue weighted by Crippen LogP contribution is -2.59. The van der Waals surface area contributed by atoms with Crippen LogP contribution in [0.5, 0.6) is 11.5 Å². The van der Waals surface area contributed by atoms with E-state index in [1.807, 2.05) is 61.5 Å². The van der Waals surface area contributed by atoms with Gasteiger partial charge in [0.1, 0.15) is 10.9 Å². The topological polar surface area (TPSA) is 125 Å². The summed E-state index contributed by atoms with van der Waals surface area (Å²) in [5.74, 6) is 0.101. The third-order valence-corrected chi connectivity index (χ3v) is 22.2. The number of carbonyl (C=O) groups excluding carboxylic acids is 1. The van der Waals surface area contributed by atoms with Gasteiger partial charge in [0.15, 0.2) is 16.4 Å². The number of sulfonamides is 2. The Morgan fingerprint density at radius 2 is 0.970 bits per heavy atom. The SMILES string of the molecule is CC(=O)OC(Oc1ccccc1[S+](c1ccccc1)c1ccccc1OC(OC(C)=[N+](S(=O)(=O)C(F)(F)F)S(=O)(=O)C(F)(F)F)C12CC3CC(CC(C3)C1C)C2)C12CC3CC(CC(C3)C1C)C2. The fourth-order valence-electron chi connectivity index (χ4n) is 13.6. The van der Waals surface area contributed by atoms with Crippen molar-refractivity contribution >= 4 is 42.8 Å². The molecule has 0 spiro atoms. The number of rotatable bonds is 13. The number of nitrogens with zero attached hydrogens (tertiary/aromatic N) is 1. The highest BCUT2D eigenvalue weighted by Crippen LogP contribution is 2.66. The molecule has 8 aliphatic carbocycles. The maximum atomic E-state index is 14.2. The van der Waals surface area contributed by atoms with E-state index in [9.17, 15) is 48.0 Å². The molecule has 0 radical (unpaired) electrons. The molecule has 0 aliphatic heterocycles. The maximum absolute atomic E-state index is 14.2. The molecule has 0 aromatic heterocycles. The molecule has 10 nitrogen and oxygen atoms in total. The van der Waals surface area contributed by atoms with Crippen LogP contribution >= 0.6 is 0 Å². The molecule has 9 atom stereocenters. The minimum absolute atomic E-state index is 0.0928. The van der Waals surface area contributed by atoms with Crippen LogP contribution in [0.25, 0.3) is 0 Å². The molecule has 0 amide bonds. The molecular weight excluding hydrogens is 945 g/mol. The summed E-state index contributed by atoms with van der Waals surface area (Å²) in [6.07, 6.45) is 5.75. The largest absolute Gasteiger partial charge is 0.561 e. The first-order chi connectivity index (χ1) is 31.4. The first-order valence-corrected chi connectivity index (χ1v) is 27.0. The maximum Gasteiger partial charge on any atom is 0.561 e. The molecule has 0 heterocycles. The Balaban J connectivity index is 1.18. The lowest BCUT2D eigenvalue weighted by molar-refractivity contribution is -0.270. The van der Waals surface area contributed by atoms with Crippen molar-refractivity contribution in [3.8, 4) is 11.5 Å². The fourth-order valence-corrected chi connectivity index (χ4v) is 18.6. The normalized spacial score (nSPS) is 32.3. The molecule has 19 heteroatoms. The molecule has 0 N–H and O–H groups in total. The number of alkyl halides is 6. The smallest absolute Gasteiger partial charge is 0.449 e. The second kappa shape index (κ2) is 17.2. The summed E-state index contributed by atoms with van der Waals surface area (Å²) in [7, 11) is -15.6. The Bertz CT molecular complexity index is 2570. The van der Waals surface area contributed by atoms with Crippen molar-refractivity contribution in [3.63, 3.8) is 0 Å². The Morgan fingerprint density at radius 3 is 1.36 bits per heavy atom. The highest BCUT2D eigenvalue weighted by molar-refractivity contribution is 7.98. The fraction of sp³-hybridized carbons (Fsp3) is 0.583. The van der Waals surface area contributed by atoms with Crippen LogP contribution < -0.4 is 9.47 Å². The van der Waals surface area contributed by atoms with Gasteiger partial charge in [0.05, 0.1) is 6.92 Å². The molecule has 8 fully saturated rings. The summed E-state index contributed by atoms with van der Waals surface area (Å²) >= 11 is 0. The Kier molecular flexibility index (Phi) is 12.3. The van der Waals surface area contributed by atoms with Gasteiger partial charge >= 0.3 is 42.9 Å². The van der Waals surface area contributed by atoms with E-state index in [0.29, 0.717) is 53.1 Å². The van der Waals surface area contributed by atoms with Gasteiger partial charge in [0.25, 0.3) is 6.29 Å². The zero-order valence-electron chi connectivity index (χ0n) is 37.5. The lowest BCUT2D eigenvalue weighted by atomic mass is 9.45. The second-order valence-electron chi connectivity index (χ2n) is 20.0. The van der Waals surface area contributed by atoms with Crippen molar-refractivity contribution in [3.05, 3.63) is 78.9 Å². The zero-order valence-corrected chi connectivity index (χ0v) is 39.9. The van der Waals surface area contributed by atoms with Gasteiger partial charge in [-0.25, -0.2) is 0 Å². The van der Waals surface area contributed by atoms with Gasteiger partial charge in [-0.1, -0.05) is 56.3 Å². The molecule has 3 aromatic carbocycles. The highest BCUT2D eigenvalue weighted by atomic mass is 32.3. The van der Waals surface area contributed by atoms with E-state index in [-0.39, 0.29) is 35.3 Å². The monoisotopic (exact) mass is 999 g/mol. The van der Waals surface area contributed by atoms with Crippen LogP contribution in [-0.4, -0.2) is 55.7 Å². The van der Waals surface area contributed by atoms with Crippen LogP contribution in [0.1, 0.15) is 91.9 Å². The average molecular weight is 1000 g/mol. The summed E-state index contributed by atoms with van der Waals surface area (Å²) in [6, 6.07) is 23.4. The quantitative estimate of drug-likeness (QED) is 0.0313. The van der Waals surface area contributed by atoms with Crippen molar-refractivity contribution < 1.29 is 70.3 Å². The highest BCUT2D eigenvalue weighted by Gasteiger charge is 2.69. The first-order valence-electron chi connectivity index (χ1n) is 22.9. The summed E-state index contributed by atoms with van der Waals surface area (Å²) in [5, 5.41) is 0. The summed E-state index contributed by atoms with van der Waals surface area (Å²) in [6.45, 7) is 5.99. The molecule has 0 saturated heterocycles. The Morgan fingerprint density at radius 1 is 0.597 bits per heavy atom. The molecule has 67 heavy (non-hydrogen) atoms. The minimum Gasteiger partial charge on any atom is -0.449 e. The van der Waals surface area contributed by atoms with Crippen molar-refractivity contribution in [2.45, 2.75) is 130 Å². The van der Waals surface area contributed by atoms with E-state index < -0.39 is 80.6 Å². The van der Waals surface area contributed by atoms with Crippen molar-refractivity contribution in [1.82, 2.24) is 0 Å². The van der Waals surface area contributed by atoms with Gasteiger partial charge in [-0.2, -0.15) is 43.2 Å². The van der Waals surface area contributed by atoms with Gasteiger partial charge in [-0.15, -0.1) is 0 Å². The van der Waals surface area contributed by atoms with Gasteiger partial charge in [-0.05, 0) is 148 Å². The molecule has 9 unspecified atom stereocenters. The van der Waals surface area contributed by atoms with E-state index in [4.69, 9.17) is 18.9 Å². The van der Waals surface area contributed by atoms with Crippen LogP contribution in [-0.2, 0) is 45.2 Å². The molecule has 3 aromatic rings. The Hall–Kier alpha value is -3.97.